The maximum absolute atomic E-state index is 6.08. The lowest BCUT2D eigenvalue weighted by atomic mass is 10.1. The molecule has 2 aromatic rings. The Morgan fingerprint density at radius 2 is 2.11 bits per heavy atom. The summed E-state index contributed by atoms with van der Waals surface area (Å²) in [5.74, 6) is 2.00. The Balaban J connectivity index is 1.99. The van der Waals surface area contributed by atoms with Crippen LogP contribution in [0.5, 0.6) is 0 Å². The van der Waals surface area contributed by atoms with Crippen molar-refractivity contribution in [2.75, 3.05) is 0 Å². The van der Waals surface area contributed by atoms with Gasteiger partial charge in [-0.1, -0.05) is 42.7 Å². The van der Waals surface area contributed by atoms with Gasteiger partial charge in [-0.05, 0) is 18.1 Å². The summed E-state index contributed by atoms with van der Waals surface area (Å²) in [7, 11) is 0. The van der Waals surface area contributed by atoms with Crippen molar-refractivity contribution >= 4 is 23.4 Å². The largest absolute Gasteiger partial charge is 0.338 e. The van der Waals surface area contributed by atoms with Crippen molar-refractivity contribution in [3.8, 4) is 0 Å². The molecule has 1 aromatic heterocycles. The molecule has 0 saturated heterocycles. The van der Waals surface area contributed by atoms with Crippen molar-refractivity contribution in [2.24, 2.45) is 11.7 Å². The van der Waals surface area contributed by atoms with E-state index in [0.29, 0.717) is 17.5 Å². The summed E-state index contributed by atoms with van der Waals surface area (Å²) in [5.41, 5.74) is 5.96. The van der Waals surface area contributed by atoms with Crippen molar-refractivity contribution in [1.29, 1.82) is 0 Å². The number of hydrogen-bond acceptors (Lipinski definition) is 5. The molecule has 1 atom stereocenters. The summed E-state index contributed by atoms with van der Waals surface area (Å²) < 4.78 is 5.17. The van der Waals surface area contributed by atoms with Gasteiger partial charge in [0.15, 0.2) is 5.82 Å². The molecule has 0 aliphatic carbocycles. The Bertz CT molecular complexity index is 544. The topological polar surface area (TPSA) is 64.9 Å². The van der Waals surface area contributed by atoms with Crippen LogP contribution >= 0.6 is 23.4 Å². The van der Waals surface area contributed by atoms with Crippen molar-refractivity contribution in [2.45, 2.75) is 30.5 Å². The van der Waals surface area contributed by atoms with Gasteiger partial charge in [0, 0.05) is 4.90 Å². The van der Waals surface area contributed by atoms with Crippen LogP contribution in [0.15, 0.2) is 33.7 Å². The molecular weight excluding hydrogens is 282 g/mol. The zero-order valence-electron chi connectivity index (χ0n) is 10.8. The molecule has 0 spiro atoms. The van der Waals surface area contributed by atoms with E-state index in [4.69, 9.17) is 21.9 Å². The zero-order chi connectivity index (χ0) is 13.8. The summed E-state index contributed by atoms with van der Waals surface area (Å²) in [5, 5.41) is 4.67. The number of hydrogen-bond donors (Lipinski definition) is 1. The van der Waals surface area contributed by atoms with E-state index in [1.807, 2.05) is 38.1 Å². The molecule has 2 N–H and O–H groups in total. The summed E-state index contributed by atoms with van der Waals surface area (Å²) in [4.78, 5) is 5.31. The zero-order valence-corrected chi connectivity index (χ0v) is 12.4. The quantitative estimate of drug-likeness (QED) is 0.853. The number of rotatable bonds is 5. The highest BCUT2D eigenvalue weighted by Gasteiger charge is 2.18. The SMILES string of the molecule is CC(C)[C@H](N)c1nc(CSc2ccccc2Cl)no1. The molecule has 0 saturated carbocycles. The van der Waals surface area contributed by atoms with E-state index >= 15 is 0 Å². The van der Waals surface area contributed by atoms with E-state index in [0.717, 1.165) is 9.92 Å². The van der Waals surface area contributed by atoms with Crippen LogP contribution in [0.3, 0.4) is 0 Å². The molecule has 0 bridgehead atoms. The van der Waals surface area contributed by atoms with Crippen LogP contribution in [-0.2, 0) is 5.75 Å². The third-order valence-electron chi connectivity index (χ3n) is 2.68. The molecule has 6 heteroatoms. The predicted molar refractivity (Wildman–Crippen MR) is 77.1 cm³/mol. The van der Waals surface area contributed by atoms with E-state index in [2.05, 4.69) is 10.1 Å². The first-order valence-corrected chi connectivity index (χ1v) is 7.39. The molecule has 0 radical (unpaired) electrons. The molecule has 0 fully saturated rings. The lowest BCUT2D eigenvalue weighted by molar-refractivity contribution is 0.323. The number of halogens is 1. The van der Waals surface area contributed by atoms with Crippen molar-refractivity contribution < 1.29 is 4.52 Å². The molecule has 0 aliphatic heterocycles. The van der Waals surface area contributed by atoms with Gasteiger partial charge in [0.05, 0.1) is 16.8 Å². The van der Waals surface area contributed by atoms with E-state index in [9.17, 15) is 0 Å². The van der Waals surface area contributed by atoms with E-state index < -0.39 is 0 Å². The van der Waals surface area contributed by atoms with Crippen LogP contribution in [0.4, 0.5) is 0 Å². The summed E-state index contributed by atoms with van der Waals surface area (Å²) in [6, 6.07) is 7.46. The molecular formula is C13H16ClN3OS. The molecule has 1 heterocycles. The van der Waals surface area contributed by atoms with Gasteiger partial charge in [-0.15, -0.1) is 11.8 Å². The maximum Gasteiger partial charge on any atom is 0.243 e. The summed E-state index contributed by atoms with van der Waals surface area (Å²) in [6.07, 6.45) is 0. The molecule has 0 amide bonds. The Morgan fingerprint density at radius 3 is 2.79 bits per heavy atom. The molecule has 1 aromatic carbocycles. The standard InChI is InChI=1S/C13H16ClN3OS/c1-8(2)12(15)13-16-11(17-18-13)7-19-10-6-4-3-5-9(10)14/h3-6,8,12H,7,15H2,1-2H3/t12-/m0/s1. The second kappa shape index (κ2) is 6.41. The fraction of sp³-hybridized carbons (Fsp3) is 0.385. The lowest BCUT2D eigenvalue weighted by Crippen LogP contribution is -2.17. The first kappa shape index (κ1) is 14.4. The number of thioether (sulfide) groups is 1. The summed E-state index contributed by atoms with van der Waals surface area (Å²) in [6.45, 7) is 4.04. The van der Waals surface area contributed by atoms with Crippen molar-refractivity contribution in [3.63, 3.8) is 0 Å². The van der Waals surface area contributed by atoms with Crippen LogP contribution in [-0.4, -0.2) is 10.1 Å². The smallest absolute Gasteiger partial charge is 0.243 e. The van der Waals surface area contributed by atoms with Crippen LogP contribution in [0.25, 0.3) is 0 Å². The average molecular weight is 298 g/mol. The monoisotopic (exact) mass is 297 g/mol. The molecule has 0 aliphatic rings. The number of benzene rings is 1. The number of nitrogens with two attached hydrogens (primary N) is 1. The highest BCUT2D eigenvalue weighted by Crippen LogP contribution is 2.29. The third-order valence-corrected chi connectivity index (χ3v) is 4.19. The van der Waals surface area contributed by atoms with Gasteiger partial charge < -0.3 is 10.3 Å². The molecule has 102 valence electrons. The predicted octanol–water partition coefficient (Wildman–Crippen LogP) is 3.67. The minimum atomic E-state index is -0.216. The van der Waals surface area contributed by atoms with Crippen LogP contribution in [0.2, 0.25) is 5.02 Å². The van der Waals surface area contributed by atoms with E-state index in [1.165, 1.54) is 0 Å². The molecule has 0 unspecified atom stereocenters. The van der Waals surface area contributed by atoms with Crippen LogP contribution in [0, 0.1) is 5.92 Å². The van der Waals surface area contributed by atoms with Gasteiger partial charge in [0.25, 0.3) is 0 Å². The fourth-order valence-electron chi connectivity index (χ4n) is 1.45. The Kier molecular flexibility index (Phi) is 4.85. The third kappa shape index (κ3) is 3.72. The van der Waals surface area contributed by atoms with Crippen molar-refractivity contribution in [3.05, 3.63) is 41.0 Å². The van der Waals surface area contributed by atoms with Crippen LogP contribution in [0.1, 0.15) is 31.6 Å². The average Bonchev–Trinajstić information content (AvgIpc) is 2.85. The Labute approximate surface area is 121 Å². The fourth-order valence-corrected chi connectivity index (χ4v) is 2.53. The van der Waals surface area contributed by atoms with E-state index in [-0.39, 0.29) is 12.0 Å². The second-order valence-electron chi connectivity index (χ2n) is 4.54. The van der Waals surface area contributed by atoms with Gasteiger partial charge in [0.2, 0.25) is 5.89 Å². The van der Waals surface area contributed by atoms with Gasteiger partial charge in [-0.2, -0.15) is 4.98 Å². The first-order chi connectivity index (χ1) is 9.08. The minimum absolute atomic E-state index is 0.216. The summed E-state index contributed by atoms with van der Waals surface area (Å²) >= 11 is 7.66. The van der Waals surface area contributed by atoms with Gasteiger partial charge in [-0.25, -0.2) is 0 Å². The maximum atomic E-state index is 6.08. The van der Waals surface area contributed by atoms with Gasteiger partial charge >= 0.3 is 0 Å². The van der Waals surface area contributed by atoms with E-state index in [1.54, 1.807) is 11.8 Å². The normalized spacial score (nSPS) is 12.9. The molecule has 19 heavy (non-hydrogen) atoms. The molecule has 4 nitrogen and oxygen atoms in total. The second-order valence-corrected chi connectivity index (χ2v) is 5.96. The van der Waals surface area contributed by atoms with Crippen molar-refractivity contribution in [1.82, 2.24) is 10.1 Å². The van der Waals surface area contributed by atoms with Gasteiger partial charge in [-0.3, -0.25) is 0 Å². The number of aromatic nitrogens is 2. The highest BCUT2D eigenvalue weighted by atomic mass is 35.5. The molecule has 2 rings (SSSR count). The Hall–Kier alpha value is -1.04. The Morgan fingerprint density at radius 1 is 1.37 bits per heavy atom. The first-order valence-electron chi connectivity index (χ1n) is 6.03. The lowest BCUT2D eigenvalue weighted by Gasteiger charge is -2.09. The van der Waals surface area contributed by atoms with Crippen LogP contribution < -0.4 is 5.73 Å². The van der Waals surface area contributed by atoms with Gasteiger partial charge in [0.1, 0.15) is 0 Å². The highest BCUT2D eigenvalue weighted by molar-refractivity contribution is 7.98. The number of nitrogens with zero attached hydrogens (tertiary/aromatic N) is 2. The minimum Gasteiger partial charge on any atom is -0.338 e.